The van der Waals surface area contributed by atoms with Crippen LogP contribution in [-0.4, -0.2) is 18.3 Å². The van der Waals surface area contributed by atoms with E-state index in [0.29, 0.717) is 22.6 Å². The first-order valence-corrected chi connectivity index (χ1v) is 6.78. The van der Waals surface area contributed by atoms with Crippen LogP contribution in [0.4, 0.5) is 4.39 Å². The number of nitrogens with two attached hydrogens (primary N) is 1. The Hall–Kier alpha value is -3.15. The first kappa shape index (κ1) is 14.8. The number of ketones is 1. The number of amides is 1. The molecule has 5 nitrogen and oxygen atoms in total. The van der Waals surface area contributed by atoms with E-state index in [1.54, 1.807) is 24.3 Å². The third kappa shape index (κ3) is 3.21. The quantitative estimate of drug-likeness (QED) is 0.879. The molecule has 6 heteroatoms. The number of ether oxygens (including phenoxy) is 2. The molecule has 0 saturated heterocycles. The van der Waals surface area contributed by atoms with Gasteiger partial charge < -0.3 is 15.2 Å². The van der Waals surface area contributed by atoms with E-state index in [2.05, 4.69) is 0 Å². The number of halogens is 1. The van der Waals surface area contributed by atoms with Gasteiger partial charge in [-0.3, -0.25) is 9.59 Å². The second kappa shape index (κ2) is 5.92. The highest BCUT2D eigenvalue weighted by molar-refractivity contribution is 6.14. The third-order valence-corrected chi connectivity index (χ3v) is 3.19. The molecular weight excluding hydrogens is 301 g/mol. The predicted molar refractivity (Wildman–Crippen MR) is 80.5 cm³/mol. The summed E-state index contributed by atoms with van der Waals surface area (Å²) in [4.78, 5) is 23.0. The average molecular weight is 313 g/mol. The molecular formula is C17H12FNO4. The van der Waals surface area contributed by atoms with Crippen LogP contribution < -0.4 is 15.2 Å². The fourth-order valence-corrected chi connectivity index (χ4v) is 2.12. The molecule has 1 aliphatic rings. The van der Waals surface area contributed by atoms with Gasteiger partial charge in [0.1, 0.15) is 17.3 Å². The molecule has 0 saturated carbocycles. The minimum atomic E-state index is -0.598. The lowest BCUT2D eigenvalue weighted by Gasteiger charge is -2.04. The van der Waals surface area contributed by atoms with Crippen LogP contribution in [-0.2, 0) is 4.79 Å². The number of allylic oxidation sites excluding steroid dienone is 1. The second-order valence-electron chi connectivity index (χ2n) is 4.90. The van der Waals surface area contributed by atoms with Crippen molar-refractivity contribution >= 4 is 17.8 Å². The molecule has 0 fully saturated rings. The fraction of sp³-hybridized carbons (Fsp3) is 0.0588. The lowest BCUT2D eigenvalue weighted by atomic mass is 10.1. The van der Waals surface area contributed by atoms with Crippen LogP contribution in [0.1, 0.15) is 15.9 Å². The van der Waals surface area contributed by atoms with Crippen molar-refractivity contribution in [3.8, 4) is 11.5 Å². The number of primary amides is 1. The van der Waals surface area contributed by atoms with Gasteiger partial charge >= 0.3 is 0 Å². The summed E-state index contributed by atoms with van der Waals surface area (Å²) in [5.74, 6) is -0.377. The topological polar surface area (TPSA) is 78.6 Å². The van der Waals surface area contributed by atoms with Gasteiger partial charge in [-0.15, -0.1) is 0 Å². The van der Waals surface area contributed by atoms with Gasteiger partial charge in [-0.2, -0.15) is 0 Å². The van der Waals surface area contributed by atoms with Crippen LogP contribution in [0.15, 0.2) is 48.2 Å². The second-order valence-corrected chi connectivity index (χ2v) is 4.90. The van der Waals surface area contributed by atoms with E-state index in [1.807, 2.05) is 0 Å². The van der Waals surface area contributed by atoms with Gasteiger partial charge in [-0.05, 0) is 35.9 Å². The fourth-order valence-electron chi connectivity index (χ4n) is 2.12. The summed E-state index contributed by atoms with van der Waals surface area (Å²) in [5, 5.41) is 0. The number of benzene rings is 2. The highest BCUT2D eigenvalue weighted by Gasteiger charge is 2.27. The normalized spacial score (nSPS) is 14.5. The van der Waals surface area contributed by atoms with Crippen molar-refractivity contribution in [2.75, 3.05) is 6.61 Å². The summed E-state index contributed by atoms with van der Waals surface area (Å²) in [7, 11) is 0. The first-order valence-electron chi connectivity index (χ1n) is 6.78. The van der Waals surface area contributed by atoms with Crippen LogP contribution in [0.2, 0.25) is 0 Å². The summed E-state index contributed by atoms with van der Waals surface area (Å²) in [5.41, 5.74) is 6.05. The molecule has 1 amide bonds. The molecule has 116 valence electrons. The first-order chi connectivity index (χ1) is 11.0. The van der Waals surface area contributed by atoms with Gasteiger partial charge in [-0.1, -0.05) is 12.1 Å². The van der Waals surface area contributed by atoms with Gasteiger partial charge in [0, 0.05) is 6.07 Å². The standard InChI is InChI=1S/C17H12FNO4/c18-11-3-1-10(2-4-11)7-15-17(21)13-6-5-12(8-14(13)23-15)22-9-16(19)20/h1-8H,9H2,(H2,19,20)/b15-7-. The van der Waals surface area contributed by atoms with E-state index in [1.165, 1.54) is 24.3 Å². The van der Waals surface area contributed by atoms with Gasteiger partial charge in [0.2, 0.25) is 5.78 Å². The molecule has 1 aliphatic heterocycles. The smallest absolute Gasteiger partial charge is 0.255 e. The summed E-state index contributed by atoms with van der Waals surface area (Å²) >= 11 is 0. The number of carbonyl (C=O) groups excluding carboxylic acids is 2. The number of hydrogen-bond acceptors (Lipinski definition) is 4. The zero-order valence-corrected chi connectivity index (χ0v) is 11.9. The van der Waals surface area contributed by atoms with Crippen molar-refractivity contribution in [1.82, 2.24) is 0 Å². The number of rotatable bonds is 4. The van der Waals surface area contributed by atoms with Gasteiger partial charge in [0.15, 0.2) is 12.4 Å². The third-order valence-electron chi connectivity index (χ3n) is 3.19. The van der Waals surface area contributed by atoms with Crippen LogP contribution in [0.25, 0.3) is 6.08 Å². The van der Waals surface area contributed by atoms with Crippen molar-refractivity contribution < 1.29 is 23.5 Å². The Labute approximate surface area is 131 Å². The molecule has 0 bridgehead atoms. The van der Waals surface area contributed by atoms with Crippen LogP contribution in [0.5, 0.6) is 11.5 Å². The number of hydrogen-bond donors (Lipinski definition) is 1. The highest BCUT2D eigenvalue weighted by Crippen LogP contribution is 2.34. The van der Waals surface area contributed by atoms with Crippen LogP contribution >= 0.6 is 0 Å². The van der Waals surface area contributed by atoms with Crippen molar-refractivity contribution in [3.05, 3.63) is 65.2 Å². The van der Waals surface area contributed by atoms with Crippen LogP contribution in [0.3, 0.4) is 0 Å². The molecule has 2 aromatic rings. The summed E-state index contributed by atoms with van der Waals surface area (Å²) in [6.07, 6.45) is 1.53. The Morgan fingerprint density at radius 1 is 1.22 bits per heavy atom. The minimum Gasteiger partial charge on any atom is -0.484 e. The van der Waals surface area contributed by atoms with Crippen LogP contribution in [0, 0.1) is 5.82 Å². The Morgan fingerprint density at radius 2 is 1.96 bits per heavy atom. The average Bonchev–Trinajstić information content (AvgIpc) is 2.83. The Bertz CT molecular complexity index is 812. The van der Waals surface area contributed by atoms with E-state index in [-0.39, 0.29) is 24.0 Å². The van der Waals surface area contributed by atoms with E-state index in [4.69, 9.17) is 15.2 Å². The van der Waals surface area contributed by atoms with Gasteiger partial charge in [0.25, 0.3) is 5.91 Å². The van der Waals surface area contributed by atoms with E-state index in [9.17, 15) is 14.0 Å². The number of carbonyl (C=O) groups is 2. The van der Waals surface area contributed by atoms with Gasteiger partial charge in [-0.25, -0.2) is 4.39 Å². The molecule has 3 rings (SSSR count). The highest BCUT2D eigenvalue weighted by atomic mass is 19.1. The van der Waals surface area contributed by atoms with Crippen molar-refractivity contribution in [2.45, 2.75) is 0 Å². The van der Waals surface area contributed by atoms with E-state index >= 15 is 0 Å². The lowest BCUT2D eigenvalue weighted by Crippen LogP contribution is -2.19. The molecule has 0 aromatic heterocycles. The molecule has 23 heavy (non-hydrogen) atoms. The Balaban J connectivity index is 1.83. The lowest BCUT2D eigenvalue weighted by molar-refractivity contribution is -0.119. The molecule has 1 heterocycles. The zero-order chi connectivity index (χ0) is 16.4. The Kier molecular flexibility index (Phi) is 3.80. The number of fused-ring (bicyclic) bond motifs is 1. The predicted octanol–water partition coefficient (Wildman–Crippen LogP) is 2.31. The van der Waals surface area contributed by atoms with E-state index in [0.717, 1.165) is 0 Å². The summed E-state index contributed by atoms with van der Waals surface area (Å²) in [6, 6.07) is 10.3. The maximum atomic E-state index is 12.9. The molecule has 2 N–H and O–H groups in total. The molecule has 0 atom stereocenters. The Morgan fingerprint density at radius 3 is 2.65 bits per heavy atom. The number of Topliss-reactive ketones (excluding diaryl/α,β-unsaturated/α-hetero) is 1. The maximum Gasteiger partial charge on any atom is 0.255 e. The molecule has 0 radical (unpaired) electrons. The molecule has 0 aliphatic carbocycles. The molecule has 2 aromatic carbocycles. The van der Waals surface area contributed by atoms with Crippen molar-refractivity contribution in [3.63, 3.8) is 0 Å². The van der Waals surface area contributed by atoms with Gasteiger partial charge in [0.05, 0.1) is 5.56 Å². The SMILES string of the molecule is NC(=O)COc1ccc2c(c1)O/C(=C\c1ccc(F)cc1)C2=O. The summed E-state index contributed by atoms with van der Waals surface area (Å²) < 4.78 is 23.6. The largest absolute Gasteiger partial charge is 0.484 e. The molecule has 0 unspecified atom stereocenters. The minimum absolute atomic E-state index is 0.138. The molecule has 0 spiro atoms. The van der Waals surface area contributed by atoms with E-state index < -0.39 is 5.91 Å². The van der Waals surface area contributed by atoms with Crippen molar-refractivity contribution in [1.29, 1.82) is 0 Å². The van der Waals surface area contributed by atoms with Crippen molar-refractivity contribution in [2.24, 2.45) is 5.73 Å². The maximum absolute atomic E-state index is 12.9. The zero-order valence-electron chi connectivity index (χ0n) is 11.9. The summed E-state index contributed by atoms with van der Waals surface area (Å²) in [6.45, 7) is -0.259. The monoisotopic (exact) mass is 313 g/mol.